The number of aryl methyl sites for hydroxylation is 1. The summed E-state index contributed by atoms with van der Waals surface area (Å²) >= 11 is 0. The molecular weight excluding hydrogens is 340 g/mol. The number of aromatic hydroxyl groups is 1. The predicted octanol–water partition coefficient (Wildman–Crippen LogP) is 4.04. The SMILES string of the molecule is Cc1ccc(COc2ccc(/C=N/NC(=O)c3ccccc3O)cc2)cc1. The maximum absolute atomic E-state index is 11.9. The standard InChI is InChI=1S/C22H20N2O3/c1-16-6-8-18(9-7-16)15-27-19-12-10-17(11-13-19)14-23-24-22(26)20-4-2-3-5-21(20)25/h2-14,25H,15H2,1H3,(H,24,26)/b23-14+. The van der Waals surface area contributed by atoms with Crippen molar-refractivity contribution in [3.05, 3.63) is 95.1 Å². The van der Waals surface area contributed by atoms with Crippen molar-refractivity contribution in [2.24, 2.45) is 5.10 Å². The summed E-state index contributed by atoms with van der Waals surface area (Å²) in [5, 5.41) is 13.6. The lowest BCUT2D eigenvalue weighted by Gasteiger charge is -2.07. The van der Waals surface area contributed by atoms with Gasteiger partial charge in [0.2, 0.25) is 0 Å². The van der Waals surface area contributed by atoms with Crippen LogP contribution in [0.4, 0.5) is 0 Å². The van der Waals surface area contributed by atoms with Crippen LogP contribution in [0.25, 0.3) is 0 Å². The normalized spacial score (nSPS) is 10.7. The van der Waals surface area contributed by atoms with E-state index in [1.165, 1.54) is 23.9 Å². The van der Waals surface area contributed by atoms with Gasteiger partial charge in [-0.25, -0.2) is 5.43 Å². The van der Waals surface area contributed by atoms with Crippen LogP contribution in [-0.4, -0.2) is 17.2 Å². The first-order chi connectivity index (χ1) is 13.1. The molecule has 136 valence electrons. The summed E-state index contributed by atoms with van der Waals surface area (Å²) in [6, 6.07) is 21.9. The molecule has 0 aromatic heterocycles. The zero-order valence-corrected chi connectivity index (χ0v) is 14.9. The van der Waals surface area contributed by atoms with Crippen LogP contribution < -0.4 is 10.2 Å². The van der Waals surface area contributed by atoms with E-state index in [9.17, 15) is 9.90 Å². The van der Waals surface area contributed by atoms with Gasteiger partial charge in [-0.1, -0.05) is 42.0 Å². The number of phenols is 1. The topological polar surface area (TPSA) is 70.9 Å². The van der Waals surface area contributed by atoms with Crippen LogP contribution in [0, 0.1) is 6.92 Å². The molecule has 0 unspecified atom stereocenters. The summed E-state index contributed by atoms with van der Waals surface area (Å²) < 4.78 is 5.76. The fourth-order valence-electron chi connectivity index (χ4n) is 2.39. The van der Waals surface area contributed by atoms with E-state index in [-0.39, 0.29) is 11.3 Å². The van der Waals surface area contributed by atoms with Gasteiger partial charge in [0.05, 0.1) is 11.8 Å². The average molecular weight is 360 g/mol. The van der Waals surface area contributed by atoms with Crippen LogP contribution in [0.2, 0.25) is 0 Å². The summed E-state index contributed by atoms with van der Waals surface area (Å²) in [7, 11) is 0. The third kappa shape index (κ3) is 5.19. The van der Waals surface area contributed by atoms with Crippen molar-refractivity contribution in [1.82, 2.24) is 5.43 Å². The molecule has 3 aromatic carbocycles. The number of phenolic OH excluding ortho intramolecular Hbond substituents is 1. The van der Waals surface area contributed by atoms with Gasteiger partial charge < -0.3 is 9.84 Å². The summed E-state index contributed by atoms with van der Waals surface area (Å²) in [6.45, 7) is 2.56. The third-order valence-corrected chi connectivity index (χ3v) is 3.93. The lowest BCUT2D eigenvalue weighted by molar-refractivity contribution is 0.0952. The minimum Gasteiger partial charge on any atom is -0.507 e. The smallest absolute Gasteiger partial charge is 0.275 e. The molecule has 0 heterocycles. The van der Waals surface area contributed by atoms with Crippen molar-refractivity contribution in [2.75, 3.05) is 0 Å². The van der Waals surface area contributed by atoms with E-state index in [4.69, 9.17) is 4.74 Å². The number of carbonyl (C=O) groups excluding carboxylic acids is 1. The van der Waals surface area contributed by atoms with Gasteiger partial charge in [0.25, 0.3) is 5.91 Å². The van der Waals surface area contributed by atoms with Gasteiger partial charge in [-0.05, 0) is 54.4 Å². The first-order valence-corrected chi connectivity index (χ1v) is 8.51. The highest BCUT2D eigenvalue weighted by Gasteiger charge is 2.08. The number of hydrazone groups is 1. The predicted molar refractivity (Wildman–Crippen MR) is 105 cm³/mol. The van der Waals surface area contributed by atoms with Gasteiger partial charge in [-0.2, -0.15) is 5.10 Å². The number of rotatable bonds is 6. The number of hydrogen-bond donors (Lipinski definition) is 2. The van der Waals surface area contributed by atoms with Gasteiger partial charge >= 0.3 is 0 Å². The second kappa shape index (κ2) is 8.67. The molecule has 0 fully saturated rings. The van der Waals surface area contributed by atoms with E-state index in [1.807, 2.05) is 36.4 Å². The Hall–Kier alpha value is -3.60. The Labute approximate surface area is 157 Å². The molecule has 0 radical (unpaired) electrons. The molecule has 1 amide bonds. The van der Waals surface area contributed by atoms with Crippen molar-refractivity contribution >= 4 is 12.1 Å². The molecule has 0 atom stereocenters. The highest BCUT2D eigenvalue weighted by molar-refractivity contribution is 5.97. The number of amides is 1. The molecule has 27 heavy (non-hydrogen) atoms. The van der Waals surface area contributed by atoms with E-state index in [0.717, 1.165) is 16.9 Å². The Morgan fingerprint density at radius 1 is 1.04 bits per heavy atom. The molecule has 0 aliphatic carbocycles. The monoisotopic (exact) mass is 360 g/mol. The zero-order valence-electron chi connectivity index (χ0n) is 14.9. The number of nitrogens with zero attached hydrogens (tertiary/aromatic N) is 1. The molecule has 0 spiro atoms. The number of carbonyl (C=O) groups is 1. The highest BCUT2D eigenvalue weighted by Crippen LogP contribution is 2.15. The second-order valence-corrected chi connectivity index (χ2v) is 6.06. The highest BCUT2D eigenvalue weighted by atomic mass is 16.5. The Morgan fingerprint density at radius 3 is 2.44 bits per heavy atom. The maximum Gasteiger partial charge on any atom is 0.275 e. The van der Waals surface area contributed by atoms with Crippen LogP contribution in [0.3, 0.4) is 0 Å². The minimum atomic E-state index is -0.470. The number of benzene rings is 3. The summed E-state index contributed by atoms with van der Waals surface area (Å²) in [5.41, 5.74) is 5.71. The van der Waals surface area contributed by atoms with Gasteiger partial charge in [0, 0.05) is 0 Å². The second-order valence-electron chi connectivity index (χ2n) is 6.06. The molecule has 5 nitrogen and oxygen atoms in total. The van der Waals surface area contributed by atoms with E-state index < -0.39 is 5.91 Å². The van der Waals surface area contributed by atoms with E-state index >= 15 is 0 Å². The van der Waals surface area contributed by atoms with Crippen LogP contribution in [-0.2, 0) is 6.61 Å². The van der Waals surface area contributed by atoms with Crippen molar-refractivity contribution in [3.8, 4) is 11.5 Å². The first-order valence-electron chi connectivity index (χ1n) is 8.51. The molecule has 0 aliphatic heterocycles. The largest absolute Gasteiger partial charge is 0.507 e. The molecular formula is C22H20N2O3. The quantitative estimate of drug-likeness (QED) is 0.515. The van der Waals surface area contributed by atoms with Crippen molar-refractivity contribution in [3.63, 3.8) is 0 Å². The van der Waals surface area contributed by atoms with Crippen molar-refractivity contribution in [1.29, 1.82) is 0 Å². The molecule has 5 heteroatoms. The molecule has 0 saturated heterocycles. The lowest BCUT2D eigenvalue weighted by Crippen LogP contribution is -2.17. The lowest BCUT2D eigenvalue weighted by atomic mass is 10.2. The van der Waals surface area contributed by atoms with Crippen LogP contribution in [0.5, 0.6) is 11.5 Å². The van der Waals surface area contributed by atoms with Crippen molar-refractivity contribution < 1.29 is 14.6 Å². The molecule has 0 aliphatic rings. The fraction of sp³-hybridized carbons (Fsp3) is 0.0909. The van der Waals surface area contributed by atoms with Gasteiger partial charge in [0.15, 0.2) is 0 Å². The first kappa shape index (κ1) is 18.2. The molecule has 3 aromatic rings. The average Bonchev–Trinajstić information content (AvgIpc) is 2.69. The van der Waals surface area contributed by atoms with Gasteiger partial charge in [-0.3, -0.25) is 4.79 Å². The Morgan fingerprint density at radius 2 is 1.74 bits per heavy atom. The Bertz CT molecular complexity index is 933. The fourth-order valence-corrected chi connectivity index (χ4v) is 2.39. The summed E-state index contributed by atoms with van der Waals surface area (Å²) in [5.74, 6) is 0.202. The number of nitrogens with one attached hydrogen (secondary N) is 1. The van der Waals surface area contributed by atoms with Crippen molar-refractivity contribution in [2.45, 2.75) is 13.5 Å². The Balaban J connectivity index is 1.52. The minimum absolute atomic E-state index is 0.0831. The van der Waals surface area contributed by atoms with E-state index in [0.29, 0.717) is 6.61 Å². The number of ether oxygens (including phenoxy) is 1. The molecule has 0 bridgehead atoms. The number of para-hydroxylation sites is 1. The third-order valence-electron chi connectivity index (χ3n) is 3.93. The van der Waals surface area contributed by atoms with Crippen LogP contribution >= 0.6 is 0 Å². The summed E-state index contributed by atoms with van der Waals surface area (Å²) in [6.07, 6.45) is 1.53. The van der Waals surface area contributed by atoms with Crippen LogP contribution in [0.15, 0.2) is 77.9 Å². The molecule has 2 N–H and O–H groups in total. The Kier molecular flexibility index (Phi) is 5.84. The zero-order chi connectivity index (χ0) is 19.1. The maximum atomic E-state index is 11.9. The number of hydrogen-bond acceptors (Lipinski definition) is 4. The van der Waals surface area contributed by atoms with E-state index in [1.54, 1.807) is 12.1 Å². The van der Waals surface area contributed by atoms with Gasteiger partial charge in [0.1, 0.15) is 18.1 Å². The molecule has 0 saturated carbocycles. The molecule has 3 rings (SSSR count). The summed E-state index contributed by atoms with van der Waals surface area (Å²) in [4.78, 5) is 11.9. The van der Waals surface area contributed by atoms with Crippen LogP contribution in [0.1, 0.15) is 27.0 Å². The van der Waals surface area contributed by atoms with E-state index in [2.05, 4.69) is 29.6 Å². The van der Waals surface area contributed by atoms with Gasteiger partial charge in [-0.15, -0.1) is 0 Å².